The van der Waals surface area contributed by atoms with Crippen LogP contribution in [0.15, 0.2) is 30.3 Å². The zero-order valence-electron chi connectivity index (χ0n) is 23.8. The lowest BCUT2D eigenvalue weighted by Crippen LogP contribution is -2.55. The van der Waals surface area contributed by atoms with Crippen molar-refractivity contribution < 1.29 is 28.5 Å². The number of morpholine rings is 1. The van der Waals surface area contributed by atoms with Gasteiger partial charge in [-0.05, 0) is 49.6 Å². The number of pyridine rings is 1. The number of nitrogen functional groups attached to an aromatic ring is 1. The Morgan fingerprint density at radius 3 is 2.59 bits per heavy atom. The van der Waals surface area contributed by atoms with Crippen LogP contribution >= 0.6 is 11.6 Å². The lowest BCUT2D eigenvalue weighted by atomic mass is 10.00. The summed E-state index contributed by atoms with van der Waals surface area (Å²) >= 11 is 6.08. The molecule has 11 nitrogen and oxygen atoms in total. The van der Waals surface area contributed by atoms with Gasteiger partial charge in [-0.2, -0.15) is 4.98 Å². The third kappa shape index (κ3) is 8.76. The molecule has 0 unspecified atom stereocenters. The second kappa shape index (κ2) is 15.3. The fourth-order valence-electron chi connectivity index (χ4n) is 5.13. The number of methoxy groups -OCH3 is 2. The highest BCUT2D eigenvalue weighted by molar-refractivity contribution is 6.33. The van der Waals surface area contributed by atoms with Crippen molar-refractivity contribution in [1.29, 1.82) is 0 Å². The Hall–Kier alpha value is -2.96. The minimum absolute atomic E-state index is 0.108. The number of carbonyl (C=O) groups excluding carboxylic acids is 2. The molecule has 2 fully saturated rings. The summed E-state index contributed by atoms with van der Waals surface area (Å²) in [6, 6.07) is 8.96. The van der Waals surface area contributed by atoms with Crippen LogP contribution in [0, 0.1) is 0 Å². The van der Waals surface area contributed by atoms with E-state index in [-0.39, 0.29) is 46.3 Å². The quantitative estimate of drug-likeness (QED) is 0.356. The van der Waals surface area contributed by atoms with E-state index in [1.54, 1.807) is 7.11 Å². The molecule has 12 heteroatoms. The normalized spacial score (nSPS) is 20.0. The Bertz CT molecular complexity index is 1160. The molecule has 1 aromatic carbocycles. The maximum Gasteiger partial charge on any atom is 0.338 e. The van der Waals surface area contributed by atoms with Crippen molar-refractivity contribution in [3.63, 3.8) is 0 Å². The van der Waals surface area contributed by atoms with E-state index in [9.17, 15) is 9.59 Å². The molecule has 2 atom stereocenters. The standard InChI is InChI=1S/C29H40ClN5O6/c1-38-25-19-35(11-9-24(25)32-27(36)22-18-23(30)26(31)33-28(22)39-2)10-3-4-20-5-7-21(8-6-20)29(37)41-17-14-34-12-15-40-16-13-34/h5-8,18,24-25H,3-4,9-17,19H2,1-2H3,(H2,31,33)(H,32,36)/t24-,25+/m1/s1. The number of benzene rings is 1. The van der Waals surface area contributed by atoms with Crippen LogP contribution < -0.4 is 15.8 Å². The van der Waals surface area contributed by atoms with Gasteiger partial charge in [0.15, 0.2) is 0 Å². The molecule has 1 aromatic heterocycles. The fourth-order valence-corrected chi connectivity index (χ4v) is 5.28. The molecule has 224 valence electrons. The molecule has 0 saturated carbocycles. The van der Waals surface area contributed by atoms with Gasteiger partial charge in [-0.25, -0.2) is 4.79 Å². The molecule has 2 aliphatic rings. The van der Waals surface area contributed by atoms with Crippen molar-refractivity contribution in [3.8, 4) is 5.88 Å². The number of carbonyl (C=O) groups is 2. The SMILES string of the molecule is COc1nc(N)c(Cl)cc1C(=O)N[C@@H]1CCN(CCCc2ccc(C(=O)OCCN3CCOCC3)cc2)C[C@@H]1OC. The summed E-state index contributed by atoms with van der Waals surface area (Å²) in [6.07, 6.45) is 2.43. The van der Waals surface area contributed by atoms with E-state index in [0.29, 0.717) is 18.7 Å². The highest BCUT2D eigenvalue weighted by Gasteiger charge is 2.31. The van der Waals surface area contributed by atoms with Gasteiger partial charge in [0.25, 0.3) is 5.91 Å². The van der Waals surface area contributed by atoms with Crippen molar-refractivity contribution in [3.05, 3.63) is 52.0 Å². The monoisotopic (exact) mass is 589 g/mol. The van der Waals surface area contributed by atoms with Crippen LogP contribution in [0.1, 0.15) is 39.1 Å². The summed E-state index contributed by atoms with van der Waals surface area (Å²) in [4.78, 5) is 34.0. The van der Waals surface area contributed by atoms with E-state index in [1.807, 2.05) is 24.3 Å². The van der Waals surface area contributed by atoms with E-state index >= 15 is 0 Å². The molecule has 4 rings (SSSR count). The summed E-state index contributed by atoms with van der Waals surface area (Å²) in [7, 11) is 3.09. The summed E-state index contributed by atoms with van der Waals surface area (Å²) < 4.78 is 21.7. The molecule has 2 aromatic rings. The van der Waals surface area contributed by atoms with Crippen molar-refractivity contribution in [1.82, 2.24) is 20.1 Å². The first-order valence-electron chi connectivity index (χ1n) is 14.0. The zero-order valence-corrected chi connectivity index (χ0v) is 24.5. The Kier molecular flexibility index (Phi) is 11.6. The van der Waals surface area contributed by atoms with E-state index in [1.165, 1.54) is 18.7 Å². The van der Waals surface area contributed by atoms with Crippen molar-refractivity contribution in [2.24, 2.45) is 0 Å². The van der Waals surface area contributed by atoms with Crippen LogP contribution in [0.3, 0.4) is 0 Å². The van der Waals surface area contributed by atoms with E-state index in [0.717, 1.165) is 65.2 Å². The molecule has 41 heavy (non-hydrogen) atoms. The number of halogens is 1. The van der Waals surface area contributed by atoms with Crippen molar-refractivity contribution in [2.75, 3.05) is 79.0 Å². The van der Waals surface area contributed by atoms with Crippen LogP contribution in [-0.2, 0) is 20.6 Å². The molecule has 0 aliphatic carbocycles. The van der Waals surface area contributed by atoms with E-state index in [2.05, 4.69) is 20.1 Å². The van der Waals surface area contributed by atoms with Crippen molar-refractivity contribution in [2.45, 2.75) is 31.4 Å². The number of esters is 1. The lowest BCUT2D eigenvalue weighted by molar-refractivity contribution is 0.00615. The molecular formula is C29H40ClN5O6. The number of anilines is 1. The van der Waals surface area contributed by atoms with Gasteiger partial charge in [-0.15, -0.1) is 0 Å². The van der Waals surface area contributed by atoms with Crippen LogP contribution in [0.5, 0.6) is 5.88 Å². The number of rotatable bonds is 12. The van der Waals surface area contributed by atoms with Crippen LogP contribution in [0.2, 0.25) is 5.02 Å². The molecule has 2 saturated heterocycles. The Labute approximate surface area is 246 Å². The number of aromatic nitrogens is 1. The number of aryl methyl sites for hydroxylation is 1. The number of nitrogens with two attached hydrogens (primary N) is 1. The fraction of sp³-hybridized carbons (Fsp3) is 0.552. The molecule has 3 N–H and O–H groups in total. The summed E-state index contributed by atoms with van der Waals surface area (Å²) in [5, 5.41) is 3.25. The summed E-state index contributed by atoms with van der Waals surface area (Å²) in [6.45, 7) is 6.75. The first kappa shape index (κ1) is 31.0. The average molecular weight is 590 g/mol. The predicted molar refractivity (Wildman–Crippen MR) is 156 cm³/mol. The topological polar surface area (TPSA) is 128 Å². The molecule has 1 amide bonds. The number of likely N-dealkylation sites (tertiary alicyclic amines) is 1. The van der Waals surface area contributed by atoms with Crippen LogP contribution in [0.4, 0.5) is 5.82 Å². The molecule has 3 heterocycles. The van der Waals surface area contributed by atoms with Gasteiger partial charge in [0.2, 0.25) is 5.88 Å². The highest BCUT2D eigenvalue weighted by atomic mass is 35.5. The molecule has 0 radical (unpaired) electrons. The van der Waals surface area contributed by atoms with Crippen LogP contribution in [0.25, 0.3) is 0 Å². The molecule has 0 bridgehead atoms. The smallest absolute Gasteiger partial charge is 0.338 e. The van der Waals surface area contributed by atoms with E-state index < -0.39 is 0 Å². The number of ether oxygens (including phenoxy) is 4. The third-order valence-corrected chi connectivity index (χ3v) is 7.85. The number of piperidine rings is 1. The molecular weight excluding hydrogens is 550 g/mol. The number of amides is 1. The van der Waals surface area contributed by atoms with Crippen molar-refractivity contribution >= 4 is 29.3 Å². The zero-order chi connectivity index (χ0) is 29.2. The maximum atomic E-state index is 13.0. The minimum atomic E-state index is -0.332. The summed E-state index contributed by atoms with van der Waals surface area (Å²) in [5.41, 5.74) is 7.71. The number of hydrogen-bond donors (Lipinski definition) is 2. The largest absolute Gasteiger partial charge is 0.480 e. The Morgan fingerprint density at radius 1 is 1.12 bits per heavy atom. The minimum Gasteiger partial charge on any atom is -0.480 e. The van der Waals surface area contributed by atoms with Gasteiger partial charge in [-0.3, -0.25) is 9.69 Å². The maximum absolute atomic E-state index is 13.0. The van der Waals surface area contributed by atoms with Gasteiger partial charge in [0.1, 0.15) is 18.0 Å². The number of nitrogens with zero attached hydrogens (tertiary/aromatic N) is 3. The summed E-state index contributed by atoms with van der Waals surface area (Å²) in [5.74, 6) is -0.387. The van der Waals surface area contributed by atoms with Gasteiger partial charge in [-0.1, -0.05) is 23.7 Å². The third-order valence-electron chi connectivity index (χ3n) is 7.54. The lowest BCUT2D eigenvalue weighted by Gasteiger charge is -2.38. The Morgan fingerprint density at radius 2 is 1.88 bits per heavy atom. The van der Waals surface area contributed by atoms with Gasteiger partial charge < -0.3 is 34.9 Å². The van der Waals surface area contributed by atoms with Gasteiger partial charge in [0.05, 0.1) is 43.1 Å². The molecule has 2 aliphatic heterocycles. The first-order valence-corrected chi connectivity index (χ1v) is 14.4. The second-order valence-corrected chi connectivity index (χ2v) is 10.7. The van der Waals surface area contributed by atoms with Crippen LogP contribution in [-0.4, -0.2) is 112 Å². The number of nitrogens with one attached hydrogen (secondary N) is 1. The first-order chi connectivity index (χ1) is 19.9. The predicted octanol–water partition coefficient (Wildman–Crippen LogP) is 2.27. The van der Waals surface area contributed by atoms with Gasteiger partial charge in [0, 0.05) is 39.8 Å². The van der Waals surface area contributed by atoms with Gasteiger partial charge >= 0.3 is 5.97 Å². The number of hydrogen-bond acceptors (Lipinski definition) is 10. The Balaban J connectivity index is 1.19. The molecule has 0 spiro atoms. The highest BCUT2D eigenvalue weighted by Crippen LogP contribution is 2.25. The average Bonchev–Trinajstić information content (AvgIpc) is 2.99. The van der Waals surface area contributed by atoms with E-state index in [4.69, 9.17) is 36.3 Å². The second-order valence-electron chi connectivity index (χ2n) is 10.2.